The van der Waals surface area contributed by atoms with E-state index in [9.17, 15) is 4.79 Å². The zero-order chi connectivity index (χ0) is 14.4. The van der Waals surface area contributed by atoms with E-state index in [2.05, 4.69) is 0 Å². The van der Waals surface area contributed by atoms with Gasteiger partial charge in [-0.1, -0.05) is 0 Å². The number of nitrogens with zero attached hydrogens (tertiary/aromatic N) is 1. The number of carbonyl (C=O) groups is 1. The summed E-state index contributed by atoms with van der Waals surface area (Å²) < 4.78 is 10.6. The first-order valence-electron chi connectivity index (χ1n) is 6.09. The Bertz CT molecular complexity index is 445. The average molecular weight is 267 g/mol. The van der Waals surface area contributed by atoms with E-state index in [1.54, 1.807) is 21.3 Å². The van der Waals surface area contributed by atoms with E-state index < -0.39 is 6.61 Å². The second-order valence-electron chi connectivity index (χ2n) is 4.35. The van der Waals surface area contributed by atoms with Gasteiger partial charge in [0.1, 0.15) is 18.1 Å². The van der Waals surface area contributed by atoms with Gasteiger partial charge in [0, 0.05) is 19.7 Å². The minimum absolute atomic E-state index is 0.287. The Labute approximate surface area is 113 Å². The van der Waals surface area contributed by atoms with Gasteiger partial charge in [0.05, 0.1) is 14.2 Å². The van der Waals surface area contributed by atoms with Crippen molar-refractivity contribution < 1.29 is 19.4 Å². The Morgan fingerprint density at radius 2 is 2.00 bits per heavy atom. The molecule has 0 aliphatic heterocycles. The fourth-order valence-electron chi connectivity index (χ4n) is 1.90. The lowest BCUT2D eigenvalue weighted by Gasteiger charge is -2.18. The molecular weight excluding hydrogens is 246 g/mol. The molecule has 1 amide bonds. The number of hydrogen-bond donors (Lipinski definition) is 1. The number of rotatable bonds is 6. The van der Waals surface area contributed by atoms with Crippen molar-refractivity contribution in [2.24, 2.45) is 0 Å². The van der Waals surface area contributed by atoms with Gasteiger partial charge >= 0.3 is 0 Å². The molecule has 0 bridgehead atoms. The first kappa shape index (κ1) is 15.3. The fourth-order valence-corrected chi connectivity index (χ4v) is 1.90. The third-order valence-electron chi connectivity index (χ3n) is 3.12. The van der Waals surface area contributed by atoms with Gasteiger partial charge in [0.2, 0.25) is 5.91 Å². The number of aliphatic hydroxyl groups excluding tert-OH is 1. The first-order valence-corrected chi connectivity index (χ1v) is 6.09. The maximum Gasteiger partial charge on any atom is 0.248 e. The molecule has 0 aliphatic carbocycles. The SMILES string of the molecule is COc1cc(C)c(CCN(C)C(=O)CO)c(OC)c1. The molecule has 1 rings (SSSR count). The van der Waals surface area contributed by atoms with Crippen molar-refractivity contribution >= 4 is 5.91 Å². The van der Waals surface area contributed by atoms with Crippen LogP contribution in [0.2, 0.25) is 0 Å². The summed E-state index contributed by atoms with van der Waals surface area (Å²) in [6.45, 7) is 2.05. The minimum Gasteiger partial charge on any atom is -0.497 e. The van der Waals surface area contributed by atoms with E-state index in [1.165, 1.54) is 4.90 Å². The third kappa shape index (κ3) is 3.86. The number of likely N-dealkylation sites (N-methyl/N-ethyl adjacent to an activating group) is 1. The molecule has 0 aliphatic rings. The molecule has 0 spiro atoms. The van der Waals surface area contributed by atoms with Crippen molar-refractivity contribution in [3.05, 3.63) is 23.3 Å². The predicted octanol–water partition coefficient (Wildman–Crippen LogP) is 1.01. The second-order valence-corrected chi connectivity index (χ2v) is 4.35. The van der Waals surface area contributed by atoms with Crippen molar-refractivity contribution in [1.82, 2.24) is 4.90 Å². The van der Waals surface area contributed by atoms with Crippen LogP contribution >= 0.6 is 0 Å². The van der Waals surface area contributed by atoms with Gasteiger partial charge in [-0.2, -0.15) is 0 Å². The molecule has 0 fully saturated rings. The number of benzene rings is 1. The van der Waals surface area contributed by atoms with Crippen molar-refractivity contribution in [3.8, 4) is 11.5 Å². The van der Waals surface area contributed by atoms with Crippen LogP contribution in [0.4, 0.5) is 0 Å². The number of ether oxygens (including phenoxy) is 2. The number of aryl methyl sites for hydroxylation is 1. The maximum absolute atomic E-state index is 11.3. The molecule has 0 unspecified atom stereocenters. The molecule has 1 N–H and O–H groups in total. The highest BCUT2D eigenvalue weighted by atomic mass is 16.5. The number of methoxy groups -OCH3 is 2. The first-order chi connectivity index (χ1) is 9.03. The summed E-state index contributed by atoms with van der Waals surface area (Å²) in [5.74, 6) is 1.21. The second kappa shape index (κ2) is 6.99. The van der Waals surface area contributed by atoms with Crippen LogP contribution in [0.5, 0.6) is 11.5 Å². The van der Waals surface area contributed by atoms with Gasteiger partial charge in [-0.15, -0.1) is 0 Å². The Hall–Kier alpha value is -1.75. The summed E-state index contributed by atoms with van der Waals surface area (Å²) in [6.07, 6.45) is 0.668. The molecule has 5 nitrogen and oxygen atoms in total. The lowest BCUT2D eigenvalue weighted by molar-refractivity contribution is -0.132. The van der Waals surface area contributed by atoms with Crippen LogP contribution in [0.15, 0.2) is 12.1 Å². The molecule has 0 aromatic heterocycles. The van der Waals surface area contributed by atoms with Crippen molar-refractivity contribution in [2.45, 2.75) is 13.3 Å². The quantitative estimate of drug-likeness (QED) is 0.835. The molecule has 0 saturated heterocycles. The topological polar surface area (TPSA) is 59.0 Å². The van der Waals surface area contributed by atoms with E-state index in [4.69, 9.17) is 14.6 Å². The molecule has 0 atom stereocenters. The van der Waals surface area contributed by atoms with Gasteiger partial charge in [-0.25, -0.2) is 0 Å². The van der Waals surface area contributed by atoms with Crippen LogP contribution in [-0.2, 0) is 11.2 Å². The Morgan fingerprint density at radius 3 is 2.53 bits per heavy atom. The van der Waals surface area contributed by atoms with Crippen molar-refractivity contribution in [2.75, 3.05) is 34.4 Å². The van der Waals surface area contributed by atoms with Crippen LogP contribution < -0.4 is 9.47 Å². The Morgan fingerprint density at radius 1 is 1.32 bits per heavy atom. The lowest BCUT2D eigenvalue weighted by atomic mass is 10.0. The van der Waals surface area contributed by atoms with Crippen molar-refractivity contribution in [3.63, 3.8) is 0 Å². The summed E-state index contributed by atoms with van der Waals surface area (Å²) >= 11 is 0. The monoisotopic (exact) mass is 267 g/mol. The molecule has 1 aromatic carbocycles. The molecule has 0 heterocycles. The highest BCUT2D eigenvalue weighted by Gasteiger charge is 2.12. The molecule has 1 aromatic rings. The van der Waals surface area contributed by atoms with Gasteiger partial charge in [0.25, 0.3) is 0 Å². The van der Waals surface area contributed by atoms with Gasteiger partial charge < -0.3 is 19.5 Å². The lowest BCUT2D eigenvalue weighted by Crippen LogP contribution is -2.31. The highest BCUT2D eigenvalue weighted by molar-refractivity contribution is 5.76. The normalized spacial score (nSPS) is 10.2. The van der Waals surface area contributed by atoms with Gasteiger partial charge in [-0.3, -0.25) is 4.79 Å². The van der Waals surface area contributed by atoms with Crippen LogP contribution in [0.3, 0.4) is 0 Å². The average Bonchev–Trinajstić information content (AvgIpc) is 2.43. The number of aliphatic hydroxyl groups is 1. The Kier molecular flexibility index (Phi) is 5.63. The fraction of sp³-hybridized carbons (Fsp3) is 0.500. The van der Waals surface area contributed by atoms with Crippen LogP contribution in [0.1, 0.15) is 11.1 Å². The Balaban J connectivity index is 2.86. The van der Waals surface area contributed by atoms with Crippen LogP contribution in [0.25, 0.3) is 0 Å². The third-order valence-corrected chi connectivity index (χ3v) is 3.12. The number of hydrogen-bond acceptors (Lipinski definition) is 4. The van der Waals surface area contributed by atoms with Crippen LogP contribution in [0, 0.1) is 6.92 Å². The molecule has 106 valence electrons. The summed E-state index contributed by atoms with van der Waals surface area (Å²) in [7, 11) is 4.89. The molecule has 5 heteroatoms. The predicted molar refractivity (Wildman–Crippen MR) is 72.7 cm³/mol. The summed E-state index contributed by atoms with van der Waals surface area (Å²) in [4.78, 5) is 12.8. The largest absolute Gasteiger partial charge is 0.497 e. The molecule has 19 heavy (non-hydrogen) atoms. The number of carbonyl (C=O) groups excluding carboxylic acids is 1. The summed E-state index contributed by atoms with van der Waals surface area (Å²) in [5, 5.41) is 8.79. The zero-order valence-electron chi connectivity index (χ0n) is 11.9. The maximum atomic E-state index is 11.3. The van der Waals surface area contributed by atoms with E-state index in [1.807, 2.05) is 19.1 Å². The van der Waals surface area contributed by atoms with E-state index >= 15 is 0 Å². The molecule has 0 radical (unpaired) electrons. The standard InChI is InChI=1S/C14H21NO4/c1-10-7-11(18-3)8-13(19-4)12(10)5-6-15(2)14(17)9-16/h7-8,16H,5-6,9H2,1-4H3. The zero-order valence-corrected chi connectivity index (χ0v) is 11.9. The summed E-state index contributed by atoms with van der Waals surface area (Å²) in [6, 6.07) is 3.77. The molecular formula is C14H21NO4. The van der Waals surface area contributed by atoms with E-state index in [-0.39, 0.29) is 5.91 Å². The van der Waals surface area contributed by atoms with Gasteiger partial charge in [-0.05, 0) is 30.5 Å². The van der Waals surface area contributed by atoms with Crippen molar-refractivity contribution in [1.29, 1.82) is 0 Å². The smallest absolute Gasteiger partial charge is 0.248 e. The van der Waals surface area contributed by atoms with Crippen LogP contribution in [-0.4, -0.2) is 50.3 Å². The minimum atomic E-state index is -0.463. The summed E-state index contributed by atoms with van der Waals surface area (Å²) in [5.41, 5.74) is 2.10. The highest BCUT2D eigenvalue weighted by Crippen LogP contribution is 2.28. The van der Waals surface area contributed by atoms with E-state index in [0.717, 1.165) is 22.6 Å². The van der Waals surface area contributed by atoms with E-state index in [0.29, 0.717) is 13.0 Å². The van der Waals surface area contributed by atoms with Gasteiger partial charge in [0.15, 0.2) is 0 Å². The number of amides is 1. The molecule has 0 saturated carbocycles.